The fraction of sp³-hybridized carbons (Fsp3) is 0.300. The third-order valence-corrected chi connectivity index (χ3v) is 4.02. The van der Waals surface area contributed by atoms with Crippen molar-refractivity contribution in [3.63, 3.8) is 0 Å². The molecule has 0 saturated heterocycles. The quantitative estimate of drug-likeness (QED) is 0.218. The molecule has 164 valence electrons. The van der Waals surface area contributed by atoms with Crippen LogP contribution in [0.25, 0.3) is 0 Å². The molecule has 0 aliphatic rings. The second-order valence-corrected chi connectivity index (χ2v) is 6.16. The summed E-state index contributed by atoms with van der Waals surface area (Å²) in [5, 5.41) is 8.37. The number of rotatable bonds is 7. The zero-order valence-corrected chi connectivity index (χ0v) is 18.6. The maximum atomic E-state index is 13.2. The lowest BCUT2D eigenvalue weighted by molar-refractivity contribution is -0.138. The van der Waals surface area contributed by atoms with Crippen molar-refractivity contribution in [3.05, 3.63) is 71.0 Å². The molecular weight excluding hydrogens is 515 g/mol. The van der Waals surface area contributed by atoms with Crippen molar-refractivity contribution in [3.8, 4) is 0 Å². The molecule has 0 radical (unpaired) electrons. The Hall–Kier alpha value is -2.37. The van der Waals surface area contributed by atoms with Gasteiger partial charge in [-0.3, -0.25) is 9.79 Å². The van der Waals surface area contributed by atoms with Crippen LogP contribution >= 0.6 is 24.0 Å². The lowest BCUT2D eigenvalue weighted by Gasteiger charge is -2.16. The summed E-state index contributed by atoms with van der Waals surface area (Å²) >= 11 is 0. The van der Waals surface area contributed by atoms with Gasteiger partial charge in [0, 0.05) is 33.1 Å². The number of carbonyl (C=O) groups is 1. The highest BCUT2D eigenvalue weighted by Gasteiger charge is 2.33. The lowest BCUT2D eigenvalue weighted by atomic mass is 10.1. The smallest absolute Gasteiger partial charge is 0.356 e. The number of carbonyl (C=O) groups excluding carboxylic acids is 1. The largest absolute Gasteiger partial charge is 0.416 e. The molecule has 0 unspecified atom stereocenters. The fourth-order valence-electron chi connectivity index (χ4n) is 2.55. The molecule has 10 heteroatoms. The Bertz CT molecular complexity index is 844. The average Bonchev–Trinajstić information content (AvgIpc) is 2.69. The molecule has 0 spiro atoms. The van der Waals surface area contributed by atoms with Crippen LogP contribution in [0.1, 0.15) is 23.1 Å². The van der Waals surface area contributed by atoms with E-state index in [4.69, 9.17) is 0 Å². The standard InChI is InChI=1S/C20H22F4N4O.HI/c1-25-19(26-10-9-18(29)27-12-14-5-3-2-4-6-14)28-13-15-7-8-16(21)11-17(15)20(22,23)24;/h2-8,11H,9-10,12-13H2,1H3,(H,27,29)(H2,25,26,28);1H. The summed E-state index contributed by atoms with van der Waals surface area (Å²) in [7, 11) is 1.46. The number of aliphatic imine (C=N–C) groups is 1. The monoisotopic (exact) mass is 538 g/mol. The van der Waals surface area contributed by atoms with Crippen molar-refractivity contribution in [1.29, 1.82) is 0 Å². The van der Waals surface area contributed by atoms with E-state index in [1.54, 1.807) is 0 Å². The molecule has 5 nitrogen and oxygen atoms in total. The third-order valence-electron chi connectivity index (χ3n) is 4.02. The van der Waals surface area contributed by atoms with Crippen LogP contribution in [0.2, 0.25) is 0 Å². The minimum Gasteiger partial charge on any atom is -0.356 e. The first-order valence-electron chi connectivity index (χ1n) is 8.90. The minimum atomic E-state index is -4.66. The molecular formula is C20H23F4IN4O. The zero-order valence-electron chi connectivity index (χ0n) is 16.2. The van der Waals surface area contributed by atoms with Crippen molar-refractivity contribution >= 4 is 35.8 Å². The molecule has 0 saturated carbocycles. The number of nitrogens with one attached hydrogen (secondary N) is 3. The van der Waals surface area contributed by atoms with Crippen LogP contribution in [0.5, 0.6) is 0 Å². The summed E-state index contributed by atoms with van der Waals surface area (Å²) in [4.78, 5) is 15.8. The van der Waals surface area contributed by atoms with Gasteiger partial charge in [-0.15, -0.1) is 24.0 Å². The van der Waals surface area contributed by atoms with Crippen LogP contribution in [0.15, 0.2) is 53.5 Å². The summed E-state index contributed by atoms with van der Waals surface area (Å²) in [5.74, 6) is -0.891. The highest BCUT2D eigenvalue weighted by Crippen LogP contribution is 2.32. The van der Waals surface area contributed by atoms with E-state index in [2.05, 4.69) is 20.9 Å². The van der Waals surface area contributed by atoms with Gasteiger partial charge in [-0.2, -0.15) is 13.2 Å². The van der Waals surface area contributed by atoms with Gasteiger partial charge in [0.05, 0.1) is 5.56 Å². The predicted molar refractivity (Wildman–Crippen MR) is 118 cm³/mol. The average molecular weight is 538 g/mol. The zero-order chi connectivity index (χ0) is 21.3. The SMILES string of the molecule is CN=C(NCCC(=O)NCc1ccccc1)NCc1ccc(F)cc1C(F)(F)F.I. The van der Waals surface area contributed by atoms with E-state index in [-0.39, 0.29) is 60.9 Å². The summed E-state index contributed by atoms with van der Waals surface area (Å²) in [5.41, 5.74) is -0.172. The highest BCUT2D eigenvalue weighted by atomic mass is 127. The fourth-order valence-corrected chi connectivity index (χ4v) is 2.55. The van der Waals surface area contributed by atoms with Gasteiger partial charge in [-0.25, -0.2) is 4.39 Å². The maximum absolute atomic E-state index is 13.2. The van der Waals surface area contributed by atoms with Crippen LogP contribution in [0.4, 0.5) is 17.6 Å². The van der Waals surface area contributed by atoms with Gasteiger partial charge in [0.25, 0.3) is 0 Å². The number of nitrogens with zero attached hydrogens (tertiary/aromatic N) is 1. The van der Waals surface area contributed by atoms with Crippen molar-refractivity contribution in [2.24, 2.45) is 4.99 Å². The van der Waals surface area contributed by atoms with Crippen LogP contribution in [0.3, 0.4) is 0 Å². The van der Waals surface area contributed by atoms with Crippen molar-refractivity contribution < 1.29 is 22.4 Å². The first-order valence-corrected chi connectivity index (χ1v) is 8.90. The summed E-state index contributed by atoms with van der Waals surface area (Å²) in [6, 6.07) is 12.0. The Balaban J connectivity index is 0.00000450. The van der Waals surface area contributed by atoms with Crippen LogP contribution < -0.4 is 16.0 Å². The van der Waals surface area contributed by atoms with Gasteiger partial charge < -0.3 is 16.0 Å². The molecule has 0 aromatic heterocycles. The number of guanidine groups is 1. The van der Waals surface area contributed by atoms with Gasteiger partial charge in [-0.05, 0) is 23.3 Å². The Kier molecular flexibility index (Phi) is 10.6. The number of hydrogen-bond donors (Lipinski definition) is 3. The van der Waals surface area contributed by atoms with Crippen molar-refractivity contribution in [2.45, 2.75) is 25.7 Å². The molecule has 2 rings (SSSR count). The number of alkyl halides is 3. The number of amides is 1. The molecule has 3 N–H and O–H groups in total. The van der Waals surface area contributed by atoms with E-state index >= 15 is 0 Å². The van der Waals surface area contributed by atoms with Crippen LogP contribution in [0, 0.1) is 5.82 Å². The molecule has 2 aromatic carbocycles. The molecule has 30 heavy (non-hydrogen) atoms. The van der Waals surface area contributed by atoms with Crippen LogP contribution in [-0.4, -0.2) is 25.5 Å². The normalized spacial score (nSPS) is 11.4. The van der Waals surface area contributed by atoms with Gasteiger partial charge in [-0.1, -0.05) is 36.4 Å². The lowest BCUT2D eigenvalue weighted by Crippen LogP contribution is -2.39. The topological polar surface area (TPSA) is 65.5 Å². The third kappa shape index (κ3) is 8.56. The maximum Gasteiger partial charge on any atom is 0.416 e. The molecule has 0 fully saturated rings. The molecule has 0 heterocycles. The molecule has 0 bridgehead atoms. The molecule has 0 aliphatic carbocycles. The number of benzene rings is 2. The number of halogens is 5. The van der Waals surface area contributed by atoms with Crippen molar-refractivity contribution in [2.75, 3.05) is 13.6 Å². The number of hydrogen-bond acceptors (Lipinski definition) is 2. The second-order valence-electron chi connectivity index (χ2n) is 6.16. The van der Waals surface area contributed by atoms with Gasteiger partial charge in [0.1, 0.15) is 5.82 Å². The molecule has 0 aliphatic heterocycles. The Morgan fingerprint density at radius 2 is 1.70 bits per heavy atom. The first kappa shape index (κ1) is 25.7. The van der Waals surface area contributed by atoms with E-state index in [1.807, 2.05) is 30.3 Å². The van der Waals surface area contributed by atoms with E-state index in [0.717, 1.165) is 17.7 Å². The van der Waals surface area contributed by atoms with Crippen molar-refractivity contribution in [1.82, 2.24) is 16.0 Å². The molecule has 2 aromatic rings. The minimum absolute atomic E-state index is 0. The van der Waals surface area contributed by atoms with E-state index in [0.29, 0.717) is 12.6 Å². The van der Waals surface area contributed by atoms with Gasteiger partial charge >= 0.3 is 6.18 Å². The van der Waals surface area contributed by atoms with Crippen LogP contribution in [-0.2, 0) is 24.1 Å². The summed E-state index contributed by atoms with van der Waals surface area (Å²) in [6.07, 6.45) is -4.50. The van der Waals surface area contributed by atoms with E-state index < -0.39 is 17.6 Å². The Morgan fingerprint density at radius 1 is 1.00 bits per heavy atom. The van der Waals surface area contributed by atoms with Gasteiger partial charge in [0.15, 0.2) is 5.96 Å². The van der Waals surface area contributed by atoms with E-state index in [9.17, 15) is 22.4 Å². The van der Waals surface area contributed by atoms with Gasteiger partial charge in [0.2, 0.25) is 5.91 Å². The highest BCUT2D eigenvalue weighted by molar-refractivity contribution is 14.0. The Labute approximate surface area is 189 Å². The Morgan fingerprint density at radius 3 is 2.33 bits per heavy atom. The summed E-state index contributed by atoms with van der Waals surface area (Å²) in [6.45, 7) is 0.461. The summed E-state index contributed by atoms with van der Waals surface area (Å²) < 4.78 is 52.3. The second kappa shape index (κ2) is 12.4. The molecule has 1 amide bonds. The first-order chi connectivity index (χ1) is 13.8. The predicted octanol–water partition coefficient (Wildman–Crippen LogP) is 3.83. The van der Waals surface area contributed by atoms with E-state index in [1.165, 1.54) is 7.05 Å². The molecule has 0 atom stereocenters.